The Morgan fingerprint density at radius 1 is 0.873 bits per heavy atom. The van der Waals surface area contributed by atoms with E-state index in [1.165, 1.54) is 106 Å². The molecule has 0 saturated heterocycles. The van der Waals surface area contributed by atoms with Crippen LogP contribution in [0.2, 0.25) is 0 Å². The third kappa shape index (κ3) is 17.4. The Morgan fingerprint density at radius 3 is 2.15 bits per heavy atom. The lowest BCUT2D eigenvalue weighted by Gasteiger charge is -2.25. The second-order valence-electron chi connectivity index (χ2n) is 13.7. The molecule has 15 nitrogen and oxygen atoms in total. The Kier molecular flexibility index (Phi) is 21.9. The highest BCUT2D eigenvalue weighted by atomic mass is 31.2. The van der Waals surface area contributed by atoms with Gasteiger partial charge in [-0.25, -0.2) is 14.1 Å². The molecule has 2 heterocycles. The number of nitrogens with zero attached hydrogens (tertiary/aromatic N) is 5. The van der Waals surface area contributed by atoms with Crippen LogP contribution in [-0.4, -0.2) is 74.4 Å². The lowest BCUT2D eigenvalue weighted by Crippen LogP contribution is -2.37. The van der Waals surface area contributed by atoms with Crippen molar-refractivity contribution in [1.29, 1.82) is 10.5 Å². The van der Waals surface area contributed by atoms with E-state index in [0.29, 0.717) is 17.7 Å². The van der Waals surface area contributed by atoms with E-state index in [2.05, 4.69) is 23.1 Å². The Balaban J connectivity index is 1.42. The number of hydrogen-bond acceptors (Lipinski definition) is 13. The van der Waals surface area contributed by atoms with Crippen molar-refractivity contribution in [1.82, 2.24) is 14.6 Å². The molecule has 0 spiro atoms. The van der Waals surface area contributed by atoms with Crippen LogP contribution in [0, 0.1) is 22.8 Å². The quantitative estimate of drug-likeness (QED) is 0.0291. The molecule has 5 atom stereocenters. The molecule has 5 N–H and O–H groups in total. The second kappa shape index (κ2) is 26.3. The summed E-state index contributed by atoms with van der Waals surface area (Å²) < 4.78 is 41.2. The van der Waals surface area contributed by atoms with Crippen LogP contribution in [0.4, 0.5) is 5.82 Å². The molecular formula is C39H59N6O9P. The maximum absolute atomic E-state index is 12.9. The van der Waals surface area contributed by atoms with Crippen molar-refractivity contribution >= 4 is 19.2 Å². The number of phosphoric ester groups is 1. The number of unbranched alkanes of at least 4 members (excludes halogenated alkanes) is 14. The van der Waals surface area contributed by atoms with Crippen LogP contribution in [0.15, 0.2) is 42.7 Å². The first-order chi connectivity index (χ1) is 26.7. The number of nitriles is 2. The number of nitrogens with two attached hydrogens (primary N) is 1. The van der Waals surface area contributed by atoms with Crippen LogP contribution in [-0.2, 0) is 34.4 Å². The fourth-order valence-electron chi connectivity index (χ4n) is 6.11. The third-order valence-electron chi connectivity index (χ3n) is 9.29. The van der Waals surface area contributed by atoms with Crippen molar-refractivity contribution in [2.24, 2.45) is 0 Å². The van der Waals surface area contributed by atoms with Crippen LogP contribution in [0.25, 0.3) is 5.52 Å². The fraction of sp³-hybridized carbons (Fsp3) is 0.641. The molecule has 0 aliphatic heterocycles. The summed E-state index contributed by atoms with van der Waals surface area (Å²) in [7, 11) is -4.79. The molecule has 0 aliphatic rings. The van der Waals surface area contributed by atoms with Gasteiger partial charge in [0, 0.05) is 6.61 Å². The molecule has 0 amide bonds. The predicted molar refractivity (Wildman–Crippen MR) is 206 cm³/mol. The van der Waals surface area contributed by atoms with Gasteiger partial charge in [0.15, 0.2) is 11.9 Å². The lowest BCUT2D eigenvalue weighted by molar-refractivity contribution is -0.0821. The molecule has 3 aromatic rings. The molecule has 304 valence electrons. The Morgan fingerprint density at radius 2 is 1.51 bits per heavy atom. The minimum Gasteiger partial charge on any atom is -0.419 e. The molecule has 0 aliphatic carbocycles. The normalized spacial score (nSPS) is 14.8. The zero-order valence-corrected chi connectivity index (χ0v) is 32.9. The van der Waals surface area contributed by atoms with Crippen LogP contribution in [0.5, 0.6) is 0 Å². The van der Waals surface area contributed by atoms with E-state index in [0.717, 1.165) is 24.8 Å². The monoisotopic (exact) mass is 786 g/mol. The number of aliphatic hydroxyl groups excluding tert-OH is 2. The van der Waals surface area contributed by atoms with Gasteiger partial charge in [-0.1, -0.05) is 109 Å². The molecule has 1 unspecified atom stereocenters. The number of ether oxygens (including phenoxy) is 3. The summed E-state index contributed by atoms with van der Waals surface area (Å²) in [5, 5.41) is 44.2. The summed E-state index contributed by atoms with van der Waals surface area (Å²) in [6, 6.07) is 12.0. The largest absolute Gasteiger partial charge is 0.472 e. The van der Waals surface area contributed by atoms with E-state index in [1.54, 1.807) is 24.3 Å². The van der Waals surface area contributed by atoms with Crippen LogP contribution < -0.4 is 5.73 Å². The SMILES string of the molecule is CCCCCCCCCCCCCCCCCOC[C@H](COP(=O)(O)OC[C@@H](OC#N)[C@@H](O)[C@@H](O)c1ccc2c(N)ncnn12)OCc1cccc(C#N)c1. The average Bonchev–Trinajstić information content (AvgIpc) is 3.63. The molecule has 1 aromatic carbocycles. The Hall–Kier alpha value is -3.63. The maximum atomic E-state index is 12.9. The summed E-state index contributed by atoms with van der Waals surface area (Å²) in [5.41, 5.74) is 7.52. The Bertz CT molecular complexity index is 1650. The maximum Gasteiger partial charge on any atom is 0.472 e. The molecule has 0 bridgehead atoms. The number of anilines is 1. The molecule has 55 heavy (non-hydrogen) atoms. The Labute approximate surface area is 324 Å². The zero-order chi connectivity index (χ0) is 39.7. The van der Waals surface area contributed by atoms with E-state index >= 15 is 0 Å². The number of fused-ring (bicyclic) bond motifs is 1. The first-order valence-electron chi connectivity index (χ1n) is 19.5. The number of nitrogen functional groups attached to an aromatic ring is 1. The van der Waals surface area contributed by atoms with Crippen molar-refractivity contribution in [3.63, 3.8) is 0 Å². The summed E-state index contributed by atoms with van der Waals surface area (Å²) >= 11 is 0. The number of aliphatic hydroxyl groups is 2. The van der Waals surface area contributed by atoms with Crippen molar-refractivity contribution in [2.45, 2.75) is 134 Å². The summed E-state index contributed by atoms with van der Waals surface area (Å²) in [6.07, 6.45) is 15.7. The highest BCUT2D eigenvalue weighted by Gasteiger charge is 2.35. The lowest BCUT2D eigenvalue weighted by atomic mass is 10.0. The molecule has 0 radical (unpaired) electrons. The summed E-state index contributed by atoms with van der Waals surface area (Å²) in [5.74, 6) is 0.142. The van der Waals surface area contributed by atoms with E-state index in [-0.39, 0.29) is 24.7 Å². The number of aromatic nitrogens is 3. The number of rotatable bonds is 31. The third-order valence-corrected chi connectivity index (χ3v) is 10.2. The first-order valence-corrected chi connectivity index (χ1v) is 21.0. The minimum absolute atomic E-state index is 0.0704. The highest BCUT2D eigenvalue weighted by Crippen LogP contribution is 2.44. The topological polar surface area (TPSA) is 228 Å². The van der Waals surface area contributed by atoms with Gasteiger partial charge in [-0.05, 0) is 36.2 Å². The van der Waals surface area contributed by atoms with Gasteiger partial charge in [0.1, 0.15) is 30.2 Å². The van der Waals surface area contributed by atoms with Gasteiger partial charge in [-0.15, -0.1) is 0 Å². The predicted octanol–water partition coefficient (Wildman–Crippen LogP) is 7.05. The molecule has 16 heteroatoms. The van der Waals surface area contributed by atoms with E-state index in [4.69, 9.17) is 34.3 Å². The summed E-state index contributed by atoms with van der Waals surface area (Å²) in [6.45, 7) is 1.72. The van der Waals surface area contributed by atoms with E-state index < -0.39 is 45.5 Å². The van der Waals surface area contributed by atoms with Crippen molar-refractivity contribution in [3.05, 3.63) is 59.5 Å². The second-order valence-corrected chi connectivity index (χ2v) is 15.2. The minimum atomic E-state index is -4.79. The van der Waals surface area contributed by atoms with Gasteiger partial charge < -0.3 is 35.1 Å². The number of phosphoric acid groups is 1. The zero-order valence-electron chi connectivity index (χ0n) is 32.0. The molecule has 0 fully saturated rings. The van der Waals surface area contributed by atoms with Gasteiger partial charge >= 0.3 is 7.82 Å². The molecule has 2 aromatic heterocycles. The highest BCUT2D eigenvalue weighted by molar-refractivity contribution is 7.47. The van der Waals surface area contributed by atoms with Gasteiger partial charge in [0.25, 0.3) is 6.26 Å². The van der Waals surface area contributed by atoms with Gasteiger partial charge in [-0.2, -0.15) is 15.6 Å². The van der Waals surface area contributed by atoms with Gasteiger partial charge in [0.2, 0.25) is 0 Å². The number of benzene rings is 1. The van der Waals surface area contributed by atoms with Gasteiger partial charge in [0.05, 0.1) is 43.8 Å². The van der Waals surface area contributed by atoms with Crippen LogP contribution in [0.1, 0.15) is 126 Å². The van der Waals surface area contributed by atoms with Gasteiger partial charge in [-0.3, -0.25) is 9.05 Å². The van der Waals surface area contributed by atoms with E-state index in [1.807, 2.05) is 0 Å². The van der Waals surface area contributed by atoms with Crippen molar-refractivity contribution in [2.75, 3.05) is 32.2 Å². The van der Waals surface area contributed by atoms with E-state index in [9.17, 15) is 24.9 Å². The smallest absolute Gasteiger partial charge is 0.419 e. The molecule has 3 rings (SSSR count). The number of hydrogen-bond donors (Lipinski definition) is 4. The summed E-state index contributed by atoms with van der Waals surface area (Å²) in [4.78, 5) is 14.4. The molecular weight excluding hydrogens is 727 g/mol. The fourth-order valence-corrected chi connectivity index (χ4v) is 6.87. The molecule has 0 saturated carbocycles. The van der Waals surface area contributed by atoms with Crippen LogP contribution in [0.3, 0.4) is 0 Å². The first kappa shape index (κ1) is 45.8. The van der Waals surface area contributed by atoms with Crippen molar-refractivity contribution < 1.29 is 42.9 Å². The average molecular weight is 787 g/mol. The van der Waals surface area contributed by atoms with Crippen LogP contribution >= 0.6 is 7.82 Å². The van der Waals surface area contributed by atoms with Crippen molar-refractivity contribution in [3.8, 4) is 12.3 Å². The standard InChI is InChI=1S/C39H59N6O9P/c1-2-3-4-5-6-7-8-9-10-11-12-13-14-15-16-22-50-26-33(51-25-32-19-17-18-31(23-32)24-40)27-53-55(48,49)54-28-36(52-29-41)38(47)37(46)34-20-21-35-39(42)43-30-44-45(34)35/h17-21,23,30,33,36-38,46-47H,2-16,22,25-28H2,1H3,(H,48,49)(H2,42,43,44)/t33-,36-,37+,38-/m1/s1.